The molecule has 12 heteroatoms. The Morgan fingerprint density at radius 3 is 2.36 bits per heavy atom. The van der Waals surface area contributed by atoms with E-state index in [1.165, 1.54) is 24.0 Å². The maximum Gasteiger partial charge on any atom is 0.327 e. The number of hydrogen-bond acceptors (Lipinski definition) is 8. The molecule has 5 unspecified atom stereocenters. The van der Waals surface area contributed by atoms with Crippen molar-refractivity contribution in [3.63, 3.8) is 0 Å². The van der Waals surface area contributed by atoms with Crippen LogP contribution in [-0.2, 0) is 25.6 Å². The highest BCUT2D eigenvalue weighted by Gasteiger charge is 2.39. The SMILES string of the molecule is CC(O)C(N)C(=O)NC(Cc1ccc(O)cc1)C(=O)N1CCCC1C(=O)NC(CS)C(=O)O. The van der Waals surface area contributed by atoms with Crippen molar-refractivity contribution in [2.45, 2.75) is 56.5 Å². The first-order valence-corrected chi connectivity index (χ1v) is 11.1. The number of nitrogens with one attached hydrogen (secondary N) is 2. The van der Waals surface area contributed by atoms with E-state index in [0.717, 1.165) is 0 Å². The van der Waals surface area contributed by atoms with Crippen LogP contribution in [0.15, 0.2) is 24.3 Å². The van der Waals surface area contributed by atoms with Gasteiger partial charge in [-0.2, -0.15) is 12.6 Å². The van der Waals surface area contributed by atoms with Crippen LogP contribution in [0.25, 0.3) is 0 Å². The fraction of sp³-hybridized carbons (Fsp3) is 0.524. The third-order valence-electron chi connectivity index (χ3n) is 5.45. The van der Waals surface area contributed by atoms with Gasteiger partial charge in [0.25, 0.3) is 0 Å². The van der Waals surface area contributed by atoms with E-state index in [2.05, 4.69) is 23.3 Å². The van der Waals surface area contributed by atoms with Crippen molar-refractivity contribution in [3.05, 3.63) is 29.8 Å². The molecule has 1 saturated heterocycles. The Bertz CT molecular complexity index is 865. The molecule has 1 aromatic rings. The third kappa shape index (κ3) is 7.07. The molecule has 2 rings (SSSR count). The molecular weight excluding hydrogens is 452 g/mol. The van der Waals surface area contributed by atoms with Crippen molar-refractivity contribution in [1.29, 1.82) is 0 Å². The number of carboxylic acids is 1. The van der Waals surface area contributed by atoms with E-state index in [0.29, 0.717) is 18.4 Å². The number of carbonyl (C=O) groups is 4. The number of aliphatic hydroxyl groups is 1. The summed E-state index contributed by atoms with van der Waals surface area (Å²) in [4.78, 5) is 51.1. The number of aliphatic hydroxyl groups excluding tert-OH is 1. The van der Waals surface area contributed by atoms with Crippen LogP contribution in [-0.4, -0.2) is 86.5 Å². The number of rotatable bonds is 10. The second-order valence-corrected chi connectivity index (χ2v) is 8.33. The monoisotopic (exact) mass is 482 g/mol. The summed E-state index contributed by atoms with van der Waals surface area (Å²) in [5.74, 6) is -3.20. The lowest BCUT2D eigenvalue weighted by molar-refractivity contribution is -0.144. The summed E-state index contributed by atoms with van der Waals surface area (Å²) in [5.41, 5.74) is 6.34. The highest BCUT2D eigenvalue weighted by Crippen LogP contribution is 2.21. The Morgan fingerprint density at radius 2 is 1.82 bits per heavy atom. The van der Waals surface area contributed by atoms with Crippen LogP contribution >= 0.6 is 12.6 Å². The number of likely N-dealkylation sites (tertiary alicyclic amines) is 1. The maximum atomic E-state index is 13.4. The molecule has 1 fully saturated rings. The van der Waals surface area contributed by atoms with E-state index in [-0.39, 0.29) is 24.5 Å². The molecule has 0 radical (unpaired) electrons. The highest BCUT2D eigenvalue weighted by molar-refractivity contribution is 7.80. The van der Waals surface area contributed by atoms with Gasteiger partial charge in [0.1, 0.15) is 29.9 Å². The van der Waals surface area contributed by atoms with Gasteiger partial charge in [-0.1, -0.05) is 12.1 Å². The van der Waals surface area contributed by atoms with Gasteiger partial charge in [-0.25, -0.2) is 4.79 Å². The van der Waals surface area contributed by atoms with Crippen LogP contribution in [0.1, 0.15) is 25.3 Å². The number of nitrogens with zero attached hydrogens (tertiary/aromatic N) is 1. The van der Waals surface area contributed by atoms with Crippen LogP contribution in [0.5, 0.6) is 5.75 Å². The van der Waals surface area contributed by atoms with Crippen molar-refractivity contribution < 1.29 is 34.5 Å². The first-order chi connectivity index (χ1) is 15.5. The van der Waals surface area contributed by atoms with Gasteiger partial charge in [0.05, 0.1) is 6.10 Å². The molecule has 1 aliphatic rings. The van der Waals surface area contributed by atoms with Crippen molar-refractivity contribution in [2.75, 3.05) is 12.3 Å². The number of benzene rings is 1. The van der Waals surface area contributed by atoms with Gasteiger partial charge >= 0.3 is 5.97 Å². The summed E-state index contributed by atoms with van der Waals surface area (Å²) >= 11 is 3.93. The van der Waals surface area contributed by atoms with E-state index in [1.807, 2.05) is 0 Å². The molecule has 5 atom stereocenters. The lowest BCUT2D eigenvalue weighted by Crippen LogP contribution is -2.58. The summed E-state index contributed by atoms with van der Waals surface area (Å²) in [6, 6.07) is 1.61. The second-order valence-electron chi connectivity index (χ2n) is 7.97. The van der Waals surface area contributed by atoms with Crippen molar-refractivity contribution in [2.24, 2.45) is 5.73 Å². The molecular formula is C21H30N4O7S. The Morgan fingerprint density at radius 1 is 1.18 bits per heavy atom. The number of phenolic OH excluding ortho intramolecular Hbond substituents is 1. The van der Waals surface area contributed by atoms with E-state index in [1.54, 1.807) is 12.1 Å². The van der Waals surface area contributed by atoms with Crippen LogP contribution < -0.4 is 16.4 Å². The Balaban J connectivity index is 2.23. The molecule has 33 heavy (non-hydrogen) atoms. The maximum absolute atomic E-state index is 13.4. The summed E-state index contributed by atoms with van der Waals surface area (Å²) in [6.45, 7) is 1.60. The normalized spacial score (nSPS) is 19.3. The van der Waals surface area contributed by atoms with Gasteiger partial charge < -0.3 is 36.6 Å². The molecule has 0 aromatic heterocycles. The van der Waals surface area contributed by atoms with Gasteiger partial charge in [0.15, 0.2) is 0 Å². The minimum Gasteiger partial charge on any atom is -0.508 e. The van der Waals surface area contributed by atoms with E-state index in [9.17, 15) is 29.4 Å². The number of aliphatic carboxylic acids is 1. The van der Waals surface area contributed by atoms with Crippen LogP contribution in [0.3, 0.4) is 0 Å². The van der Waals surface area contributed by atoms with Crippen LogP contribution in [0.2, 0.25) is 0 Å². The molecule has 182 valence electrons. The third-order valence-corrected chi connectivity index (χ3v) is 5.81. The summed E-state index contributed by atoms with van der Waals surface area (Å²) in [6.07, 6.45) is -0.232. The fourth-order valence-corrected chi connectivity index (χ4v) is 3.76. The molecule has 0 saturated carbocycles. The Kier molecular flexibility index (Phi) is 9.50. The minimum absolute atomic E-state index is 0.0373. The van der Waals surface area contributed by atoms with Crippen molar-refractivity contribution in [1.82, 2.24) is 15.5 Å². The minimum atomic E-state index is -1.26. The number of phenols is 1. The zero-order valence-corrected chi connectivity index (χ0v) is 19.1. The molecule has 3 amide bonds. The molecule has 0 bridgehead atoms. The zero-order valence-electron chi connectivity index (χ0n) is 18.2. The number of carboxylic acid groups (broad SMARTS) is 1. The predicted molar refractivity (Wildman–Crippen MR) is 122 cm³/mol. The average Bonchev–Trinajstić information content (AvgIpc) is 3.26. The highest BCUT2D eigenvalue weighted by atomic mass is 32.1. The van der Waals surface area contributed by atoms with Crippen LogP contribution in [0, 0.1) is 0 Å². The molecule has 1 aromatic carbocycles. The standard InChI is InChI=1S/C21H30N4O7S/c1-11(26)17(22)19(29)23-14(9-12-4-6-13(27)7-5-12)20(30)25-8-2-3-16(25)18(28)24-15(10-33)21(31)32/h4-7,11,14-17,26-27,33H,2-3,8-10,22H2,1H3,(H,23,29)(H,24,28)(H,31,32). The summed E-state index contributed by atoms with van der Waals surface area (Å²) in [5, 5.41) is 33.2. The number of nitrogens with two attached hydrogens (primary N) is 1. The topological polar surface area (TPSA) is 182 Å². The second kappa shape index (κ2) is 11.9. The van der Waals surface area contributed by atoms with Gasteiger partial charge in [-0.15, -0.1) is 0 Å². The number of aromatic hydroxyl groups is 1. The molecule has 7 N–H and O–H groups in total. The van der Waals surface area contributed by atoms with E-state index < -0.39 is 54.0 Å². The number of thiol groups is 1. The van der Waals surface area contributed by atoms with E-state index in [4.69, 9.17) is 10.8 Å². The first kappa shape index (κ1) is 26.4. The molecule has 11 nitrogen and oxygen atoms in total. The summed E-state index contributed by atoms with van der Waals surface area (Å²) < 4.78 is 0. The van der Waals surface area contributed by atoms with Gasteiger partial charge in [-0.05, 0) is 37.5 Å². The molecule has 0 aliphatic carbocycles. The molecule has 0 spiro atoms. The lowest BCUT2D eigenvalue weighted by atomic mass is 10.0. The summed E-state index contributed by atoms with van der Waals surface area (Å²) in [7, 11) is 0. The van der Waals surface area contributed by atoms with Gasteiger partial charge in [0, 0.05) is 18.7 Å². The number of carbonyl (C=O) groups excluding carboxylic acids is 3. The predicted octanol–water partition coefficient (Wildman–Crippen LogP) is -1.38. The number of amides is 3. The fourth-order valence-electron chi connectivity index (χ4n) is 3.51. The first-order valence-electron chi connectivity index (χ1n) is 10.5. The lowest BCUT2D eigenvalue weighted by Gasteiger charge is -2.30. The zero-order chi connectivity index (χ0) is 24.7. The van der Waals surface area contributed by atoms with E-state index >= 15 is 0 Å². The Hall–Kier alpha value is -2.83. The molecule has 1 aliphatic heterocycles. The average molecular weight is 483 g/mol. The van der Waals surface area contributed by atoms with Gasteiger partial charge in [-0.3, -0.25) is 14.4 Å². The van der Waals surface area contributed by atoms with Crippen LogP contribution in [0.4, 0.5) is 0 Å². The Labute approximate surface area is 196 Å². The quantitative estimate of drug-likeness (QED) is 0.199. The van der Waals surface area contributed by atoms with Crippen molar-refractivity contribution in [3.8, 4) is 5.75 Å². The van der Waals surface area contributed by atoms with Crippen molar-refractivity contribution >= 4 is 36.3 Å². The smallest absolute Gasteiger partial charge is 0.327 e. The largest absolute Gasteiger partial charge is 0.508 e. The number of hydrogen-bond donors (Lipinski definition) is 7. The van der Waals surface area contributed by atoms with Gasteiger partial charge in [0.2, 0.25) is 17.7 Å². The molecule has 1 heterocycles.